The second kappa shape index (κ2) is 5.38. The van der Waals surface area contributed by atoms with E-state index in [9.17, 15) is 0 Å². The quantitative estimate of drug-likeness (QED) is 0.545. The lowest BCUT2D eigenvalue weighted by Gasteiger charge is -2.06. The summed E-state index contributed by atoms with van der Waals surface area (Å²) in [4.78, 5) is 2.43. The Labute approximate surface area is 95.8 Å². The molecule has 15 heavy (non-hydrogen) atoms. The monoisotopic (exact) mass is 225 g/mol. The van der Waals surface area contributed by atoms with Crippen LogP contribution in [0.25, 0.3) is 0 Å². The van der Waals surface area contributed by atoms with Gasteiger partial charge < -0.3 is 9.64 Å². The van der Waals surface area contributed by atoms with Crippen LogP contribution in [0.5, 0.6) is 5.75 Å². The van der Waals surface area contributed by atoms with Gasteiger partial charge >= 0.3 is 0 Å². The van der Waals surface area contributed by atoms with Gasteiger partial charge in [0.2, 0.25) is 0 Å². The van der Waals surface area contributed by atoms with E-state index in [-0.39, 0.29) is 0 Å². The normalized spacial score (nSPS) is 15.3. The maximum atomic E-state index is 5.85. The summed E-state index contributed by atoms with van der Waals surface area (Å²) < 4.78 is 5.59. The summed E-state index contributed by atoms with van der Waals surface area (Å²) in [5.74, 6) is 0.870. The van der Waals surface area contributed by atoms with Crippen molar-refractivity contribution in [2.75, 3.05) is 26.2 Å². The van der Waals surface area contributed by atoms with E-state index in [1.165, 1.54) is 26.1 Å². The minimum atomic E-state index is 0.733. The number of ether oxygens (including phenoxy) is 1. The molecule has 0 saturated carbocycles. The molecule has 0 amide bonds. The van der Waals surface area contributed by atoms with Gasteiger partial charge in [-0.05, 0) is 37.6 Å². The largest absolute Gasteiger partial charge is 0.494 e. The SMILES string of the molecule is Clc1cccc(OCCCCN2CC2)c1. The van der Waals surface area contributed by atoms with Gasteiger partial charge in [0.15, 0.2) is 0 Å². The van der Waals surface area contributed by atoms with Gasteiger partial charge in [-0.3, -0.25) is 0 Å². The highest BCUT2D eigenvalue weighted by atomic mass is 35.5. The van der Waals surface area contributed by atoms with E-state index < -0.39 is 0 Å². The molecular weight excluding hydrogens is 210 g/mol. The first kappa shape index (κ1) is 10.8. The first-order valence-corrected chi connectivity index (χ1v) is 5.83. The van der Waals surface area contributed by atoms with Crippen LogP contribution in [0.4, 0.5) is 0 Å². The summed E-state index contributed by atoms with van der Waals surface area (Å²) in [6.07, 6.45) is 2.34. The van der Waals surface area contributed by atoms with E-state index in [1.54, 1.807) is 0 Å². The fraction of sp³-hybridized carbons (Fsp3) is 0.500. The van der Waals surface area contributed by atoms with Gasteiger partial charge in [-0.25, -0.2) is 0 Å². The molecule has 1 saturated heterocycles. The van der Waals surface area contributed by atoms with Crippen molar-refractivity contribution in [3.05, 3.63) is 29.3 Å². The molecule has 1 aliphatic rings. The van der Waals surface area contributed by atoms with Crippen LogP contribution in [-0.2, 0) is 0 Å². The van der Waals surface area contributed by atoms with Crippen LogP contribution in [-0.4, -0.2) is 31.1 Å². The predicted octanol–water partition coefficient (Wildman–Crippen LogP) is 2.81. The third-order valence-corrected chi connectivity index (χ3v) is 2.71. The van der Waals surface area contributed by atoms with E-state index in [0.717, 1.165) is 23.8 Å². The summed E-state index contributed by atoms with van der Waals surface area (Å²) in [7, 11) is 0. The highest BCUT2D eigenvalue weighted by molar-refractivity contribution is 6.30. The molecule has 1 aromatic carbocycles. The Morgan fingerprint density at radius 2 is 2.13 bits per heavy atom. The summed E-state index contributed by atoms with van der Waals surface area (Å²) in [6.45, 7) is 4.58. The molecule has 3 heteroatoms. The first-order valence-electron chi connectivity index (χ1n) is 5.45. The second-order valence-corrected chi connectivity index (χ2v) is 4.29. The average Bonchev–Trinajstić information content (AvgIpc) is 3.01. The van der Waals surface area contributed by atoms with Gasteiger partial charge in [-0.2, -0.15) is 0 Å². The summed E-state index contributed by atoms with van der Waals surface area (Å²) in [5.41, 5.74) is 0. The zero-order valence-corrected chi connectivity index (χ0v) is 9.54. The molecule has 82 valence electrons. The van der Waals surface area contributed by atoms with E-state index >= 15 is 0 Å². The Bertz CT molecular complexity index is 312. The third-order valence-electron chi connectivity index (χ3n) is 2.47. The van der Waals surface area contributed by atoms with Gasteiger partial charge in [0.25, 0.3) is 0 Å². The lowest BCUT2D eigenvalue weighted by molar-refractivity contribution is 0.302. The van der Waals surface area contributed by atoms with Crippen LogP contribution in [0.3, 0.4) is 0 Å². The molecule has 1 fully saturated rings. The molecule has 0 atom stereocenters. The fourth-order valence-electron chi connectivity index (χ4n) is 1.48. The van der Waals surface area contributed by atoms with Gasteiger partial charge in [0.05, 0.1) is 6.61 Å². The molecule has 1 heterocycles. The van der Waals surface area contributed by atoms with Crippen molar-refractivity contribution in [3.8, 4) is 5.75 Å². The molecule has 2 nitrogen and oxygen atoms in total. The van der Waals surface area contributed by atoms with Crippen molar-refractivity contribution < 1.29 is 4.74 Å². The molecule has 0 spiro atoms. The summed E-state index contributed by atoms with van der Waals surface area (Å²) in [5, 5.41) is 0.733. The number of benzene rings is 1. The summed E-state index contributed by atoms with van der Waals surface area (Å²) in [6, 6.07) is 7.56. The zero-order valence-electron chi connectivity index (χ0n) is 8.79. The topological polar surface area (TPSA) is 12.2 Å². The Kier molecular flexibility index (Phi) is 3.87. The number of hydrogen-bond donors (Lipinski definition) is 0. The highest BCUT2D eigenvalue weighted by Gasteiger charge is 2.15. The van der Waals surface area contributed by atoms with Crippen LogP contribution < -0.4 is 4.74 Å². The van der Waals surface area contributed by atoms with E-state index in [4.69, 9.17) is 16.3 Å². The summed E-state index contributed by atoms with van der Waals surface area (Å²) >= 11 is 5.85. The van der Waals surface area contributed by atoms with Gasteiger partial charge in [0, 0.05) is 18.1 Å². The Hall–Kier alpha value is -0.730. The first-order chi connectivity index (χ1) is 7.34. The Morgan fingerprint density at radius 3 is 2.87 bits per heavy atom. The van der Waals surface area contributed by atoms with Crippen molar-refractivity contribution in [3.63, 3.8) is 0 Å². The van der Waals surface area contributed by atoms with Crippen LogP contribution in [0, 0.1) is 0 Å². The van der Waals surface area contributed by atoms with Gasteiger partial charge in [0.1, 0.15) is 5.75 Å². The standard InChI is InChI=1S/C12H16ClNO/c13-11-4-3-5-12(10-11)15-9-2-1-6-14-7-8-14/h3-5,10H,1-2,6-9H2. The molecule has 1 aromatic rings. The molecule has 0 aliphatic carbocycles. The number of halogens is 1. The van der Waals surface area contributed by atoms with Crippen LogP contribution in [0.15, 0.2) is 24.3 Å². The van der Waals surface area contributed by atoms with Gasteiger partial charge in [-0.15, -0.1) is 0 Å². The lowest BCUT2D eigenvalue weighted by Crippen LogP contribution is -2.03. The Balaban J connectivity index is 1.60. The minimum absolute atomic E-state index is 0.733. The number of unbranched alkanes of at least 4 members (excludes halogenated alkanes) is 1. The number of nitrogens with zero attached hydrogens (tertiary/aromatic N) is 1. The Morgan fingerprint density at radius 1 is 1.27 bits per heavy atom. The molecule has 2 rings (SSSR count). The molecule has 0 bridgehead atoms. The molecule has 0 radical (unpaired) electrons. The van der Waals surface area contributed by atoms with E-state index in [2.05, 4.69) is 4.90 Å². The maximum absolute atomic E-state index is 5.85. The fourth-order valence-corrected chi connectivity index (χ4v) is 1.66. The molecule has 0 N–H and O–H groups in total. The van der Waals surface area contributed by atoms with Crippen LogP contribution in [0.1, 0.15) is 12.8 Å². The van der Waals surface area contributed by atoms with Crippen LogP contribution in [0.2, 0.25) is 5.02 Å². The van der Waals surface area contributed by atoms with Gasteiger partial charge in [-0.1, -0.05) is 17.7 Å². The number of rotatable bonds is 6. The molecular formula is C12H16ClNO. The van der Waals surface area contributed by atoms with Crippen molar-refractivity contribution in [1.82, 2.24) is 4.90 Å². The van der Waals surface area contributed by atoms with Crippen molar-refractivity contribution in [2.24, 2.45) is 0 Å². The lowest BCUT2D eigenvalue weighted by atomic mass is 10.3. The van der Waals surface area contributed by atoms with Crippen molar-refractivity contribution >= 4 is 11.6 Å². The molecule has 0 aromatic heterocycles. The zero-order chi connectivity index (χ0) is 10.5. The number of hydrogen-bond acceptors (Lipinski definition) is 2. The molecule has 0 unspecified atom stereocenters. The maximum Gasteiger partial charge on any atom is 0.120 e. The highest BCUT2D eigenvalue weighted by Crippen LogP contribution is 2.17. The average molecular weight is 226 g/mol. The smallest absolute Gasteiger partial charge is 0.120 e. The van der Waals surface area contributed by atoms with E-state index in [0.29, 0.717) is 0 Å². The molecule has 1 aliphatic heterocycles. The van der Waals surface area contributed by atoms with Crippen molar-refractivity contribution in [1.29, 1.82) is 0 Å². The minimum Gasteiger partial charge on any atom is -0.494 e. The predicted molar refractivity (Wildman–Crippen MR) is 62.6 cm³/mol. The van der Waals surface area contributed by atoms with Crippen LogP contribution >= 0.6 is 11.6 Å². The second-order valence-electron chi connectivity index (χ2n) is 3.85. The third kappa shape index (κ3) is 4.10. The van der Waals surface area contributed by atoms with E-state index in [1.807, 2.05) is 24.3 Å². The van der Waals surface area contributed by atoms with Crippen molar-refractivity contribution in [2.45, 2.75) is 12.8 Å².